The highest BCUT2D eigenvalue weighted by Gasteiger charge is 2.29. The first-order valence-corrected chi connectivity index (χ1v) is 14.5. The van der Waals surface area contributed by atoms with Gasteiger partial charge < -0.3 is 19.4 Å². The molecule has 10 heteroatoms. The molecule has 2 atom stereocenters. The zero-order valence-corrected chi connectivity index (χ0v) is 23.6. The standard InChI is InChI=1S/C27H34N4O4S2/c1-6-31-24(18(5)35-20-11-9-8-10-17(20)4)29-30-27(31)36-15-22(32)28-25-23(26(33)34-7-2)19-13-12-16(3)14-21(19)37-25/h8-11,16,18H,6-7,12-15H2,1-5H3,(H,28,32). The van der Waals surface area contributed by atoms with Crippen LogP contribution in [0.25, 0.3) is 0 Å². The van der Waals surface area contributed by atoms with Gasteiger partial charge in [0.05, 0.1) is 17.9 Å². The number of nitrogens with zero attached hydrogens (tertiary/aromatic N) is 3. The molecule has 0 bridgehead atoms. The Bertz CT molecular complexity index is 1270. The third-order valence-corrected chi connectivity index (χ3v) is 8.54. The maximum Gasteiger partial charge on any atom is 0.341 e. The Balaban J connectivity index is 1.45. The van der Waals surface area contributed by atoms with Gasteiger partial charge in [-0.25, -0.2) is 4.79 Å². The Morgan fingerprint density at radius 2 is 2.05 bits per heavy atom. The molecule has 1 aliphatic carbocycles. The normalized spacial score (nSPS) is 15.6. The number of thioether (sulfide) groups is 1. The Morgan fingerprint density at radius 3 is 2.78 bits per heavy atom. The van der Waals surface area contributed by atoms with E-state index in [0.29, 0.717) is 40.6 Å². The Morgan fingerprint density at radius 1 is 1.27 bits per heavy atom. The van der Waals surface area contributed by atoms with E-state index in [1.807, 2.05) is 49.6 Å². The van der Waals surface area contributed by atoms with E-state index < -0.39 is 0 Å². The minimum absolute atomic E-state index is 0.145. The number of rotatable bonds is 10. The predicted molar refractivity (Wildman–Crippen MR) is 147 cm³/mol. The molecule has 198 valence electrons. The summed E-state index contributed by atoms with van der Waals surface area (Å²) in [4.78, 5) is 26.9. The van der Waals surface area contributed by atoms with E-state index in [-0.39, 0.29) is 23.7 Å². The first-order valence-electron chi connectivity index (χ1n) is 12.7. The van der Waals surface area contributed by atoms with Gasteiger partial charge in [-0.05, 0) is 70.1 Å². The number of amides is 1. The van der Waals surface area contributed by atoms with E-state index in [1.54, 1.807) is 6.92 Å². The summed E-state index contributed by atoms with van der Waals surface area (Å²) in [5.41, 5.74) is 2.60. The fourth-order valence-electron chi connectivity index (χ4n) is 4.49. The SMILES string of the molecule is CCOC(=O)c1c(NC(=O)CSc2nnc(C(C)Oc3ccccc3C)n2CC)sc2c1CCC(C)C2. The molecule has 1 aliphatic rings. The highest BCUT2D eigenvalue weighted by Crippen LogP contribution is 2.40. The second kappa shape index (κ2) is 12.1. The first-order chi connectivity index (χ1) is 17.8. The van der Waals surface area contributed by atoms with E-state index >= 15 is 0 Å². The van der Waals surface area contributed by atoms with Gasteiger partial charge in [0.25, 0.3) is 0 Å². The summed E-state index contributed by atoms with van der Waals surface area (Å²) in [5.74, 6) is 1.66. The van der Waals surface area contributed by atoms with E-state index in [9.17, 15) is 9.59 Å². The summed E-state index contributed by atoms with van der Waals surface area (Å²) in [5, 5.41) is 12.9. The fraction of sp³-hybridized carbons (Fsp3) is 0.481. The number of benzene rings is 1. The van der Waals surface area contributed by atoms with Crippen LogP contribution in [0.4, 0.5) is 5.00 Å². The molecule has 2 heterocycles. The van der Waals surface area contributed by atoms with Gasteiger partial charge in [-0.15, -0.1) is 21.5 Å². The summed E-state index contributed by atoms with van der Waals surface area (Å²) in [7, 11) is 0. The van der Waals surface area contributed by atoms with Crippen molar-refractivity contribution in [2.45, 2.75) is 71.7 Å². The lowest BCUT2D eigenvalue weighted by molar-refractivity contribution is -0.113. The summed E-state index contributed by atoms with van der Waals surface area (Å²) < 4.78 is 13.4. The third-order valence-electron chi connectivity index (χ3n) is 6.40. The van der Waals surface area contributed by atoms with Crippen LogP contribution < -0.4 is 10.1 Å². The lowest BCUT2D eigenvalue weighted by Gasteiger charge is -2.18. The molecule has 3 aromatic rings. The van der Waals surface area contributed by atoms with Crippen molar-refractivity contribution >= 4 is 40.0 Å². The minimum atomic E-state index is -0.365. The quantitative estimate of drug-likeness (QED) is 0.254. The monoisotopic (exact) mass is 542 g/mol. The van der Waals surface area contributed by atoms with Crippen molar-refractivity contribution in [1.29, 1.82) is 0 Å². The van der Waals surface area contributed by atoms with Crippen LogP contribution in [0, 0.1) is 12.8 Å². The number of ether oxygens (including phenoxy) is 2. The molecule has 8 nitrogen and oxygen atoms in total. The van der Waals surface area contributed by atoms with Crippen LogP contribution in [0.3, 0.4) is 0 Å². The molecule has 0 radical (unpaired) electrons. The number of para-hydroxylation sites is 1. The lowest BCUT2D eigenvalue weighted by atomic mass is 9.88. The number of aryl methyl sites for hydroxylation is 1. The van der Waals surface area contributed by atoms with E-state index in [0.717, 1.165) is 36.1 Å². The fourth-order valence-corrected chi connectivity index (χ4v) is 6.71. The molecule has 37 heavy (non-hydrogen) atoms. The third kappa shape index (κ3) is 6.18. The summed E-state index contributed by atoms with van der Waals surface area (Å²) in [6, 6.07) is 7.86. The predicted octanol–water partition coefficient (Wildman–Crippen LogP) is 5.84. The molecule has 2 unspecified atom stereocenters. The van der Waals surface area contributed by atoms with E-state index in [2.05, 4.69) is 22.4 Å². The van der Waals surface area contributed by atoms with Gasteiger partial charge in [0, 0.05) is 11.4 Å². The van der Waals surface area contributed by atoms with Crippen LogP contribution in [0.5, 0.6) is 5.75 Å². The second-order valence-electron chi connectivity index (χ2n) is 9.22. The van der Waals surface area contributed by atoms with Gasteiger partial charge in [-0.3, -0.25) is 4.79 Å². The lowest BCUT2D eigenvalue weighted by Crippen LogP contribution is -2.18. The molecule has 1 N–H and O–H groups in total. The molecule has 0 aliphatic heterocycles. The number of carbonyl (C=O) groups is 2. The number of fused-ring (bicyclic) bond motifs is 1. The van der Waals surface area contributed by atoms with E-state index in [1.165, 1.54) is 28.0 Å². The summed E-state index contributed by atoms with van der Waals surface area (Å²) in [6.07, 6.45) is 2.48. The maximum absolute atomic E-state index is 13.0. The number of esters is 1. The van der Waals surface area contributed by atoms with Gasteiger partial charge in [-0.2, -0.15) is 0 Å². The molecule has 1 aromatic carbocycles. The van der Waals surface area contributed by atoms with Crippen molar-refractivity contribution in [2.75, 3.05) is 17.7 Å². The van der Waals surface area contributed by atoms with Crippen molar-refractivity contribution in [3.63, 3.8) is 0 Å². The number of anilines is 1. The number of thiophene rings is 1. The average Bonchev–Trinajstić information content (AvgIpc) is 3.44. The number of hydrogen-bond donors (Lipinski definition) is 1. The topological polar surface area (TPSA) is 95.3 Å². The molecule has 0 spiro atoms. The average molecular weight is 543 g/mol. The highest BCUT2D eigenvalue weighted by atomic mass is 32.2. The van der Waals surface area contributed by atoms with Crippen LogP contribution in [0.2, 0.25) is 0 Å². The number of nitrogens with one attached hydrogen (secondary N) is 1. The molecular weight excluding hydrogens is 508 g/mol. The van der Waals surface area contributed by atoms with Gasteiger partial charge >= 0.3 is 5.97 Å². The highest BCUT2D eigenvalue weighted by molar-refractivity contribution is 7.99. The van der Waals surface area contributed by atoms with Crippen LogP contribution in [-0.4, -0.2) is 39.0 Å². The van der Waals surface area contributed by atoms with Crippen LogP contribution >= 0.6 is 23.1 Å². The van der Waals surface area contributed by atoms with Crippen molar-refractivity contribution in [2.24, 2.45) is 5.92 Å². The largest absolute Gasteiger partial charge is 0.482 e. The Labute approximate surface area is 226 Å². The van der Waals surface area contributed by atoms with Crippen molar-refractivity contribution in [3.05, 3.63) is 51.7 Å². The smallest absolute Gasteiger partial charge is 0.341 e. The zero-order chi connectivity index (χ0) is 26.5. The molecule has 1 amide bonds. The van der Waals surface area contributed by atoms with Crippen molar-refractivity contribution < 1.29 is 19.1 Å². The van der Waals surface area contributed by atoms with Gasteiger partial charge in [0.1, 0.15) is 10.8 Å². The van der Waals surface area contributed by atoms with Crippen molar-refractivity contribution in [1.82, 2.24) is 14.8 Å². The molecule has 4 rings (SSSR count). The minimum Gasteiger partial charge on any atom is -0.482 e. The molecular formula is C27H34N4O4S2. The molecule has 2 aromatic heterocycles. The number of aromatic nitrogens is 3. The van der Waals surface area contributed by atoms with Gasteiger partial charge in [0.15, 0.2) is 17.1 Å². The van der Waals surface area contributed by atoms with Crippen LogP contribution in [0.1, 0.15) is 72.4 Å². The van der Waals surface area contributed by atoms with E-state index in [4.69, 9.17) is 9.47 Å². The van der Waals surface area contributed by atoms with Crippen LogP contribution in [-0.2, 0) is 28.9 Å². The molecule has 0 fully saturated rings. The Kier molecular flexibility index (Phi) is 8.91. The second-order valence-corrected chi connectivity index (χ2v) is 11.3. The first kappa shape index (κ1) is 27.2. The number of hydrogen-bond acceptors (Lipinski definition) is 8. The van der Waals surface area contributed by atoms with Gasteiger partial charge in [0.2, 0.25) is 5.91 Å². The Hall–Kier alpha value is -2.85. The summed E-state index contributed by atoms with van der Waals surface area (Å²) in [6.45, 7) is 10.9. The van der Waals surface area contributed by atoms with Gasteiger partial charge in [-0.1, -0.05) is 36.9 Å². The maximum atomic E-state index is 13.0. The summed E-state index contributed by atoms with van der Waals surface area (Å²) >= 11 is 2.81. The number of carbonyl (C=O) groups excluding carboxylic acids is 2. The zero-order valence-electron chi connectivity index (χ0n) is 22.0. The van der Waals surface area contributed by atoms with Crippen molar-refractivity contribution in [3.8, 4) is 5.75 Å². The molecule has 0 saturated heterocycles. The molecule has 0 saturated carbocycles. The van der Waals surface area contributed by atoms with Crippen LogP contribution in [0.15, 0.2) is 29.4 Å².